The second-order valence-corrected chi connectivity index (χ2v) is 5.56. The zero-order valence-corrected chi connectivity index (χ0v) is 12.6. The molecule has 0 saturated carbocycles. The topological polar surface area (TPSA) is 46.6 Å². The molecule has 0 N–H and O–H groups in total. The molecule has 0 radical (unpaired) electrons. The van der Waals surface area contributed by atoms with Crippen molar-refractivity contribution in [2.24, 2.45) is 5.92 Å². The molecule has 0 heterocycles. The summed E-state index contributed by atoms with van der Waals surface area (Å²) < 4.78 is 5.54. The molecule has 0 aliphatic heterocycles. The first kappa shape index (κ1) is 17.1. The molecule has 1 amide bonds. The van der Waals surface area contributed by atoms with Crippen molar-refractivity contribution in [3.8, 4) is 0 Å². The van der Waals surface area contributed by atoms with Crippen molar-refractivity contribution in [2.45, 2.75) is 53.1 Å². The molecule has 0 spiro atoms. The van der Waals surface area contributed by atoms with Crippen LogP contribution in [0.2, 0.25) is 0 Å². The van der Waals surface area contributed by atoms with Crippen molar-refractivity contribution in [1.29, 1.82) is 0 Å². The smallest absolute Gasteiger partial charge is 0.222 e. The van der Waals surface area contributed by atoms with Gasteiger partial charge in [0, 0.05) is 26.0 Å². The number of carbonyl (C=O) groups excluding carboxylic acids is 2. The molecule has 0 aromatic rings. The number of Topliss-reactive ketones (excluding diaryl/α,β-unsaturated/α-hetero) is 1. The van der Waals surface area contributed by atoms with Gasteiger partial charge < -0.3 is 9.64 Å². The molecule has 4 nitrogen and oxygen atoms in total. The highest BCUT2D eigenvalue weighted by Gasteiger charge is 2.21. The highest BCUT2D eigenvalue weighted by atomic mass is 16.5. The average Bonchev–Trinajstić information content (AvgIpc) is 2.25. The van der Waals surface area contributed by atoms with Gasteiger partial charge in [-0.3, -0.25) is 9.59 Å². The summed E-state index contributed by atoms with van der Waals surface area (Å²) in [7, 11) is 1.68. The van der Waals surface area contributed by atoms with E-state index < -0.39 is 0 Å². The highest BCUT2D eigenvalue weighted by molar-refractivity contribution is 5.87. The molecule has 0 unspecified atom stereocenters. The van der Waals surface area contributed by atoms with Crippen molar-refractivity contribution in [1.82, 2.24) is 4.90 Å². The van der Waals surface area contributed by atoms with Crippen molar-refractivity contribution >= 4 is 11.7 Å². The third-order valence-electron chi connectivity index (χ3n) is 2.94. The predicted molar refractivity (Wildman–Crippen MR) is 72.4 cm³/mol. The van der Waals surface area contributed by atoms with Gasteiger partial charge in [0.25, 0.3) is 0 Å². The molecule has 0 rings (SSSR count). The molecule has 0 atom stereocenters. The summed E-state index contributed by atoms with van der Waals surface area (Å²) in [6, 6.07) is 0. The summed E-state index contributed by atoms with van der Waals surface area (Å²) in [4.78, 5) is 24.9. The minimum Gasteiger partial charge on any atom is -0.376 e. The zero-order chi connectivity index (χ0) is 14.3. The van der Waals surface area contributed by atoms with Gasteiger partial charge in [0.2, 0.25) is 5.91 Å². The maximum atomic E-state index is 11.9. The average molecular weight is 257 g/mol. The lowest BCUT2D eigenvalue weighted by molar-refractivity contribution is -0.136. The lowest BCUT2D eigenvalue weighted by atomic mass is 10.0. The van der Waals surface area contributed by atoms with E-state index in [9.17, 15) is 9.59 Å². The fraction of sp³-hybridized carbons (Fsp3) is 0.857. The SMILES string of the molecule is CCOC(C)(C)CCC(=O)N(C)CC(=O)C(C)C. The van der Waals surface area contributed by atoms with Crippen LogP contribution in [0.4, 0.5) is 0 Å². The van der Waals surface area contributed by atoms with Crippen LogP contribution < -0.4 is 0 Å². The Balaban J connectivity index is 4.13. The van der Waals surface area contributed by atoms with Crippen LogP contribution in [0, 0.1) is 5.92 Å². The molecule has 18 heavy (non-hydrogen) atoms. The van der Waals surface area contributed by atoms with E-state index in [0.717, 1.165) is 0 Å². The Morgan fingerprint density at radius 1 is 1.28 bits per heavy atom. The van der Waals surface area contributed by atoms with E-state index in [1.807, 2.05) is 34.6 Å². The van der Waals surface area contributed by atoms with Crippen LogP contribution in [0.15, 0.2) is 0 Å². The first-order valence-corrected chi connectivity index (χ1v) is 6.60. The number of carbonyl (C=O) groups is 2. The Kier molecular flexibility index (Phi) is 7.14. The van der Waals surface area contributed by atoms with Gasteiger partial charge >= 0.3 is 0 Å². The molecule has 0 fully saturated rings. The minimum atomic E-state index is -0.284. The fourth-order valence-corrected chi connectivity index (χ4v) is 1.57. The largest absolute Gasteiger partial charge is 0.376 e. The van der Waals surface area contributed by atoms with Gasteiger partial charge in [-0.05, 0) is 27.2 Å². The fourth-order valence-electron chi connectivity index (χ4n) is 1.57. The molecule has 4 heteroatoms. The van der Waals surface area contributed by atoms with E-state index in [1.165, 1.54) is 4.90 Å². The molecular formula is C14H27NO3. The number of ether oxygens (including phenoxy) is 1. The Hall–Kier alpha value is -0.900. The quantitative estimate of drug-likeness (QED) is 0.670. The standard InChI is InChI=1S/C14H27NO3/c1-7-18-14(4,5)9-8-13(17)15(6)10-12(16)11(2)3/h11H,7-10H2,1-6H3. The summed E-state index contributed by atoms with van der Waals surface area (Å²) in [5.41, 5.74) is -0.284. The molecule has 0 aromatic heterocycles. The molecule has 106 valence electrons. The Morgan fingerprint density at radius 3 is 2.28 bits per heavy atom. The van der Waals surface area contributed by atoms with Gasteiger partial charge in [-0.1, -0.05) is 13.8 Å². The Bertz CT molecular complexity index is 285. The number of hydrogen-bond acceptors (Lipinski definition) is 3. The minimum absolute atomic E-state index is 0.00298. The van der Waals surface area contributed by atoms with Crippen LogP contribution in [-0.4, -0.2) is 42.4 Å². The molecule has 0 aliphatic rings. The lowest BCUT2D eigenvalue weighted by Gasteiger charge is -2.25. The van der Waals surface area contributed by atoms with E-state index in [0.29, 0.717) is 19.4 Å². The van der Waals surface area contributed by atoms with Crippen LogP contribution in [0.5, 0.6) is 0 Å². The van der Waals surface area contributed by atoms with E-state index in [1.54, 1.807) is 7.05 Å². The third-order valence-corrected chi connectivity index (χ3v) is 2.94. The normalized spacial score (nSPS) is 11.7. The molecule has 0 saturated heterocycles. The first-order chi connectivity index (χ1) is 8.19. The summed E-state index contributed by atoms with van der Waals surface area (Å²) in [5, 5.41) is 0. The predicted octanol–water partition coefficient (Wildman–Crippen LogP) is 2.27. The number of hydrogen-bond donors (Lipinski definition) is 0. The maximum absolute atomic E-state index is 11.9. The van der Waals surface area contributed by atoms with Gasteiger partial charge in [0.15, 0.2) is 5.78 Å². The number of rotatable bonds is 8. The molecular weight excluding hydrogens is 230 g/mol. The summed E-state index contributed by atoms with van der Waals surface area (Å²) >= 11 is 0. The first-order valence-electron chi connectivity index (χ1n) is 6.60. The maximum Gasteiger partial charge on any atom is 0.222 e. The molecule has 0 aliphatic carbocycles. The monoisotopic (exact) mass is 257 g/mol. The van der Waals surface area contributed by atoms with Crippen molar-refractivity contribution < 1.29 is 14.3 Å². The van der Waals surface area contributed by atoms with Crippen molar-refractivity contribution in [2.75, 3.05) is 20.2 Å². The zero-order valence-electron chi connectivity index (χ0n) is 12.6. The Morgan fingerprint density at radius 2 is 1.83 bits per heavy atom. The summed E-state index contributed by atoms with van der Waals surface area (Å²) in [6.45, 7) is 10.4. The van der Waals surface area contributed by atoms with Crippen molar-refractivity contribution in [3.63, 3.8) is 0 Å². The molecule has 0 bridgehead atoms. The van der Waals surface area contributed by atoms with E-state index >= 15 is 0 Å². The second kappa shape index (κ2) is 7.52. The van der Waals surface area contributed by atoms with Gasteiger partial charge in [0.1, 0.15) is 0 Å². The van der Waals surface area contributed by atoms with E-state index in [-0.39, 0.29) is 29.8 Å². The number of ketones is 1. The van der Waals surface area contributed by atoms with Crippen LogP contribution in [0.3, 0.4) is 0 Å². The number of likely N-dealkylation sites (N-methyl/N-ethyl adjacent to an activating group) is 1. The van der Waals surface area contributed by atoms with Gasteiger partial charge in [-0.25, -0.2) is 0 Å². The number of nitrogens with zero attached hydrogens (tertiary/aromatic N) is 1. The number of amides is 1. The van der Waals surface area contributed by atoms with Crippen LogP contribution in [0.25, 0.3) is 0 Å². The highest BCUT2D eigenvalue weighted by Crippen LogP contribution is 2.17. The van der Waals surface area contributed by atoms with Gasteiger partial charge in [-0.2, -0.15) is 0 Å². The van der Waals surface area contributed by atoms with Crippen LogP contribution in [-0.2, 0) is 14.3 Å². The van der Waals surface area contributed by atoms with E-state index in [2.05, 4.69) is 0 Å². The molecule has 0 aromatic carbocycles. The van der Waals surface area contributed by atoms with Gasteiger partial charge in [0.05, 0.1) is 12.1 Å². The van der Waals surface area contributed by atoms with Crippen LogP contribution >= 0.6 is 0 Å². The lowest BCUT2D eigenvalue weighted by Crippen LogP contribution is -2.35. The Labute approximate surface area is 111 Å². The second-order valence-electron chi connectivity index (χ2n) is 5.56. The summed E-state index contributed by atoms with van der Waals surface area (Å²) in [5.74, 6) is 0.0619. The van der Waals surface area contributed by atoms with E-state index in [4.69, 9.17) is 4.74 Å². The third kappa shape index (κ3) is 6.74. The summed E-state index contributed by atoms with van der Waals surface area (Å²) in [6.07, 6.45) is 1.08. The van der Waals surface area contributed by atoms with Crippen molar-refractivity contribution in [3.05, 3.63) is 0 Å². The van der Waals surface area contributed by atoms with Gasteiger partial charge in [-0.15, -0.1) is 0 Å². The van der Waals surface area contributed by atoms with Crippen LogP contribution in [0.1, 0.15) is 47.5 Å².